The van der Waals surface area contributed by atoms with E-state index in [0.717, 1.165) is 31.5 Å². The zero-order chi connectivity index (χ0) is 14.8. The van der Waals surface area contributed by atoms with Crippen molar-refractivity contribution >= 4 is 21.7 Å². The molecule has 0 saturated heterocycles. The Morgan fingerprint density at radius 3 is 2.80 bits per heavy atom. The van der Waals surface area contributed by atoms with Gasteiger partial charge in [-0.2, -0.15) is 8.42 Å². The molecule has 0 amide bonds. The summed E-state index contributed by atoms with van der Waals surface area (Å²) >= 11 is 0. The summed E-state index contributed by atoms with van der Waals surface area (Å²) < 4.78 is 43.8. The lowest BCUT2D eigenvalue weighted by Crippen LogP contribution is -2.16. The number of aromatic amines is 1. The van der Waals surface area contributed by atoms with Crippen LogP contribution in [0.4, 0.5) is 10.1 Å². The van der Waals surface area contributed by atoms with Crippen molar-refractivity contribution in [1.29, 1.82) is 0 Å². The number of methoxy groups -OCH3 is 1. The van der Waals surface area contributed by atoms with Gasteiger partial charge in [0.05, 0.1) is 30.9 Å². The first-order chi connectivity index (χ1) is 9.44. The second-order valence-electron chi connectivity index (χ2n) is 3.70. The molecule has 0 bridgehead atoms. The summed E-state index contributed by atoms with van der Waals surface area (Å²) in [4.78, 5) is 17.5. The van der Waals surface area contributed by atoms with Gasteiger partial charge in [0.1, 0.15) is 5.82 Å². The zero-order valence-corrected chi connectivity index (χ0v) is 11.1. The summed E-state index contributed by atoms with van der Waals surface area (Å²) in [5.74, 6) is -1.48. The number of anilines is 1. The maximum Gasteiger partial charge on any atom is 0.339 e. The summed E-state index contributed by atoms with van der Waals surface area (Å²) in [5.41, 5.74) is -0.316. The molecule has 20 heavy (non-hydrogen) atoms. The van der Waals surface area contributed by atoms with Crippen molar-refractivity contribution in [3.05, 3.63) is 42.1 Å². The van der Waals surface area contributed by atoms with Crippen LogP contribution in [-0.4, -0.2) is 31.5 Å². The number of esters is 1. The fourth-order valence-electron chi connectivity index (χ4n) is 1.48. The number of rotatable bonds is 4. The highest BCUT2D eigenvalue weighted by Gasteiger charge is 2.20. The zero-order valence-electron chi connectivity index (χ0n) is 10.3. The van der Waals surface area contributed by atoms with E-state index in [2.05, 4.69) is 19.4 Å². The third-order valence-electron chi connectivity index (χ3n) is 2.39. The SMILES string of the molecule is COC(=O)c1ccc(F)cc1NS(=O)(=O)c1cnc[nH]1. The maximum atomic E-state index is 13.2. The van der Waals surface area contributed by atoms with Crippen molar-refractivity contribution in [3.8, 4) is 0 Å². The number of aromatic nitrogens is 2. The Morgan fingerprint density at radius 2 is 2.20 bits per heavy atom. The average Bonchev–Trinajstić information content (AvgIpc) is 2.92. The van der Waals surface area contributed by atoms with E-state index in [4.69, 9.17) is 0 Å². The summed E-state index contributed by atoms with van der Waals surface area (Å²) in [6, 6.07) is 3.05. The number of halogens is 1. The lowest BCUT2D eigenvalue weighted by molar-refractivity contribution is 0.0602. The highest BCUT2D eigenvalue weighted by atomic mass is 32.2. The van der Waals surface area contributed by atoms with Gasteiger partial charge in [-0.1, -0.05) is 0 Å². The van der Waals surface area contributed by atoms with Crippen LogP contribution in [-0.2, 0) is 14.8 Å². The van der Waals surface area contributed by atoms with Gasteiger partial charge in [-0.25, -0.2) is 14.2 Å². The molecule has 2 aromatic rings. The Bertz CT molecular complexity index is 728. The molecule has 0 unspecified atom stereocenters. The highest BCUT2D eigenvalue weighted by molar-refractivity contribution is 7.92. The molecule has 2 rings (SSSR count). The first-order valence-corrected chi connectivity index (χ1v) is 6.81. The molecule has 1 aromatic carbocycles. The highest BCUT2D eigenvalue weighted by Crippen LogP contribution is 2.21. The first-order valence-electron chi connectivity index (χ1n) is 5.33. The lowest BCUT2D eigenvalue weighted by atomic mass is 10.2. The molecular formula is C11H10FN3O4S. The topological polar surface area (TPSA) is 101 Å². The third-order valence-corrected chi connectivity index (χ3v) is 3.68. The van der Waals surface area contributed by atoms with E-state index in [0.29, 0.717) is 0 Å². The van der Waals surface area contributed by atoms with Gasteiger partial charge in [0.2, 0.25) is 0 Å². The summed E-state index contributed by atoms with van der Waals surface area (Å²) in [5, 5.41) is -0.211. The normalized spacial score (nSPS) is 11.1. The van der Waals surface area contributed by atoms with Crippen molar-refractivity contribution in [2.45, 2.75) is 5.03 Å². The molecule has 0 saturated carbocycles. The number of benzene rings is 1. The van der Waals surface area contributed by atoms with Crippen LogP contribution >= 0.6 is 0 Å². The molecule has 0 atom stereocenters. The van der Waals surface area contributed by atoms with Crippen LogP contribution in [0.15, 0.2) is 35.7 Å². The van der Waals surface area contributed by atoms with Crippen LogP contribution in [0.3, 0.4) is 0 Å². The molecule has 106 valence electrons. The van der Waals surface area contributed by atoms with E-state index < -0.39 is 21.8 Å². The number of nitrogens with one attached hydrogen (secondary N) is 2. The molecule has 0 aliphatic rings. The minimum atomic E-state index is -3.99. The van der Waals surface area contributed by atoms with Gasteiger partial charge >= 0.3 is 5.97 Å². The molecular weight excluding hydrogens is 289 g/mol. The Kier molecular flexibility index (Phi) is 3.70. The van der Waals surface area contributed by atoms with Crippen LogP contribution in [0.25, 0.3) is 0 Å². The number of H-pyrrole nitrogens is 1. The number of nitrogens with zero attached hydrogens (tertiary/aromatic N) is 1. The number of hydrogen-bond acceptors (Lipinski definition) is 5. The van der Waals surface area contributed by atoms with Gasteiger partial charge in [0.25, 0.3) is 10.0 Å². The Hall–Kier alpha value is -2.42. The predicted molar refractivity (Wildman–Crippen MR) is 67.1 cm³/mol. The Balaban J connectivity index is 2.43. The standard InChI is InChI=1S/C11H10FN3O4S/c1-19-11(16)8-3-2-7(12)4-9(8)15-20(17,18)10-5-13-6-14-10/h2-6,15H,1H3,(H,13,14). The molecule has 1 aromatic heterocycles. The van der Waals surface area contributed by atoms with E-state index in [9.17, 15) is 17.6 Å². The van der Waals surface area contributed by atoms with E-state index >= 15 is 0 Å². The maximum absolute atomic E-state index is 13.2. The van der Waals surface area contributed by atoms with Gasteiger partial charge in [0, 0.05) is 0 Å². The fraction of sp³-hybridized carbons (Fsp3) is 0.0909. The molecule has 0 radical (unpaired) electrons. The average molecular weight is 299 g/mol. The van der Waals surface area contributed by atoms with Crippen molar-refractivity contribution in [1.82, 2.24) is 9.97 Å². The Labute approximate surface area is 113 Å². The van der Waals surface area contributed by atoms with Crippen molar-refractivity contribution in [2.75, 3.05) is 11.8 Å². The largest absolute Gasteiger partial charge is 0.465 e. The number of sulfonamides is 1. The number of carbonyl (C=O) groups is 1. The number of hydrogen-bond donors (Lipinski definition) is 2. The second-order valence-corrected chi connectivity index (χ2v) is 5.35. The van der Waals surface area contributed by atoms with Gasteiger partial charge in [-0.05, 0) is 18.2 Å². The summed E-state index contributed by atoms with van der Waals surface area (Å²) in [6.07, 6.45) is 2.26. The Morgan fingerprint density at radius 1 is 1.45 bits per heavy atom. The van der Waals surface area contributed by atoms with Gasteiger partial charge in [0.15, 0.2) is 5.03 Å². The quantitative estimate of drug-likeness (QED) is 0.824. The van der Waals surface area contributed by atoms with Crippen LogP contribution in [0, 0.1) is 5.82 Å². The van der Waals surface area contributed by atoms with Crippen molar-refractivity contribution in [2.24, 2.45) is 0 Å². The smallest absolute Gasteiger partial charge is 0.339 e. The first kappa shape index (κ1) is 14.0. The third kappa shape index (κ3) is 2.77. The van der Waals surface area contributed by atoms with Gasteiger partial charge in [-0.3, -0.25) is 4.72 Å². The molecule has 2 N–H and O–H groups in total. The van der Waals surface area contributed by atoms with Crippen molar-refractivity contribution in [3.63, 3.8) is 0 Å². The van der Waals surface area contributed by atoms with Crippen LogP contribution in [0.1, 0.15) is 10.4 Å². The fourth-order valence-corrected chi connectivity index (χ4v) is 2.45. The molecule has 0 aliphatic heterocycles. The van der Waals surface area contributed by atoms with Crippen LogP contribution in [0.2, 0.25) is 0 Å². The number of ether oxygens (including phenoxy) is 1. The molecule has 0 spiro atoms. The molecule has 1 heterocycles. The van der Waals surface area contributed by atoms with Crippen molar-refractivity contribution < 1.29 is 22.3 Å². The predicted octanol–water partition coefficient (Wildman–Crippen LogP) is 1.14. The van der Waals surface area contributed by atoms with Crippen LogP contribution in [0.5, 0.6) is 0 Å². The minimum Gasteiger partial charge on any atom is -0.465 e. The van der Waals surface area contributed by atoms with E-state index in [1.54, 1.807) is 0 Å². The number of imidazole rings is 1. The molecule has 0 aliphatic carbocycles. The minimum absolute atomic E-state index is 0.100. The lowest BCUT2D eigenvalue weighted by Gasteiger charge is -2.10. The van der Waals surface area contributed by atoms with E-state index in [1.807, 2.05) is 0 Å². The second kappa shape index (κ2) is 5.29. The van der Waals surface area contributed by atoms with E-state index in [1.165, 1.54) is 6.33 Å². The molecule has 9 heteroatoms. The molecule has 7 nitrogen and oxygen atoms in total. The monoisotopic (exact) mass is 299 g/mol. The number of carbonyl (C=O) groups excluding carboxylic acids is 1. The summed E-state index contributed by atoms with van der Waals surface area (Å²) in [6.45, 7) is 0. The van der Waals surface area contributed by atoms with Crippen LogP contribution < -0.4 is 4.72 Å². The van der Waals surface area contributed by atoms with Gasteiger partial charge in [-0.15, -0.1) is 0 Å². The summed E-state index contributed by atoms with van der Waals surface area (Å²) in [7, 11) is -2.86. The van der Waals surface area contributed by atoms with Gasteiger partial charge < -0.3 is 9.72 Å². The molecule has 0 fully saturated rings. The van der Waals surface area contributed by atoms with E-state index in [-0.39, 0.29) is 16.3 Å².